The molecule has 1 N–H and O–H groups in total. The maximum Gasteiger partial charge on any atom is 0.124 e. The van der Waals surface area contributed by atoms with Crippen LogP contribution in [0.3, 0.4) is 0 Å². The number of ether oxygens (including phenoxy) is 2. The van der Waals surface area contributed by atoms with Gasteiger partial charge in [0.25, 0.3) is 0 Å². The second-order valence-electron chi connectivity index (χ2n) is 4.84. The lowest BCUT2D eigenvalue weighted by atomic mass is 10.0. The number of aliphatic hydroxyl groups is 1. The van der Waals surface area contributed by atoms with Gasteiger partial charge in [0.2, 0.25) is 0 Å². The Hall–Kier alpha value is -1.91. The molecule has 0 spiro atoms. The van der Waals surface area contributed by atoms with Crippen molar-refractivity contribution in [3.8, 4) is 5.75 Å². The predicted octanol–water partition coefficient (Wildman–Crippen LogP) is 3.47. The SMILES string of the molecule is COc1ccc(F)cc1C(OCc1ccccc1)C(C)O. The smallest absolute Gasteiger partial charge is 0.124 e. The van der Waals surface area contributed by atoms with Crippen molar-refractivity contribution in [1.29, 1.82) is 0 Å². The number of hydrogen-bond acceptors (Lipinski definition) is 3. The second kappa shape index (κ2) is 7.20. The molecule has 0 aromatic heterocycles. The first kappa shape index (κ1) is 15.5. The quantitative estimate of drug-likeness (QED) is 0.885. The average Bonchev–Trinajstić information content (AvgIpc) is 2.48. The molecule has 0 heterocycles. The van der Waals surface area contributed by atoms with Gasteiger partial charge >= 0.3 is 0 Å². The van der Waals surface area contributed by atoms with Crippen LogP contribution in [0.4, 0.5) is 4.39 Å². The van der Waals surface area contributed by atoms with Gasteiger partial charge in [0.05, 0.1) is 19.8 Å². The Morgan fingerprint density at radius 2 is 1.86 bits per heavy atom. The van der Waals surface area contributed by atoms with Crippen LogP contribution >= 0.6 is 0 Å². The molecule has 2 aromatic rings. The summed E-state index contributed by atoms with van der Waals surface area (Å²) in [5, 5.41) is 9.95. The van der Waals surface area contributed by atoms with Gasteiger partial charge in [0.15, 0.2) is 0 Å². The zero-order valence-electron chi connectivity index (χ0n) is 12.1. The fourth-order valence-corrected chi connectivity index (χ4v) is 2.18. The molecule has 3 nitrogen and oxygen atoms in total. The molecule has 0 bridgehead atoms. The van der Waals surface area contributed by atoms with Crippen molar-refractivity contribution in [2.24, 2.45) is 0 Å². The number of rotatable bonds is 6. The molecule has 2 aromatic carbocycles. The summed E-state index contributed by atoms with van der Waals surface area (Å²) in [4.78, 5) is 0. The van der Waals surface area contributed by atoms with Crippen molar-refractivity contribution in [2.75, 3.05) is 7.11 Å². The van der Waals surface area contributed by atoms with E-state index in [9.17, 15) is 9.50 Å². The Morgan fingerprint density at radius 1 is 1.14 bits per heavy atom. The highest BCUT2D eigenvalue weighted by molar-refractivity contribution is 5.36. The van der Waals surface area contributed by atoms with Gasteiger partial charge < -0.3 is 14.6 Å². The van der Waals surface area contributed by atoms with Crippen LogP contribution in [0, 0.1) is 5.82 Å². The van der Waals surface area contributed by atoms with Crippen LogP contribution in [0.15, 0.2) is 48.5 Å². The molecule has 0 saturated carbocycles. The molecule has 0 aliphatic heterocycles. The highest BCUT2D eigenvalue weighted by Crippen LogP contribution is 2.31. The number of benzene rings is 2. The van der Waals surface area contributed by atoms with Crippen LogP contribution in [0.5, 0.6) is 5.75 Å². The van der Waals surface area contributed by atoms with Crippen molar-refractivity contribution in [3.63, 3.8) is 0 Å². The van der Waals surface area contributed by atoms with Gasteiger partial charge in [-0.25, -0.2) is 4.39 Å². The maximum absolute atomic E-state index is 13.5. The molecule has 0 amide bonds. The highest BCUT2D eigenvalue weighted by Gasteiger charge is 2.22. The van der Waals surface area contributed by atoms with E-state index in [1.165, 1.54) is 25.3 Å². The third kappa shape index (κ3) is 4.03. The van der Waals surface area contributed by atoms with E-state index in [2.05, 4.69) is 0 Å². The van der Waals surface area contributed by atoms with Crippen molar-refractivity contribution in [1.82, 2.24) is 0 Å². The Balaban J connectivity index is 2.21. The standard InChI is InChI=1S/C17H19FO3/c1-12(19)17(21-11-13-6-4-3-5-7-13)15-10-14(18)8-9-16(15)20-2/h3-10,12,17,19H,11H2,1-2H3. The summed E-state index contributed by atoms with van der Waals surface area (Å²) in [6.07, 6.45) is -1.44. The van der Waals surface area contributed by atoms with Gasteiger partial charge in [-0.3, -0.25) is 0 Å². The van der Waals surface area contributed by atoms with Crippen molar-refractivity contribution < 1.29 is 19.0 Å². The maximum atomic E-state index is 13.5. The van der Waals surface area contributed by atoms with Crippen molar-refractivity contribution >= 4 is 0 Å². The van der Waals surface area contributed by atoms with E-state index in [0.717, 1.165) is 5.56 Å². The number of halogens is 1. The summed E-state index contributed by atoms with van der Waals surface area (Å²) in [5.74, 6) is 0.107. The van der Waals surface area contributed by atoms with E-state index >= 15 is 0 Å². The van der Waals surface area contributed by atoms with E-state index in [4.69, 9.17) is 9.47 Å². The minimum Gasteiger partial charge on any atom is -0.496 e. The molecule has 2 rings (SSSR count). The first-order chi connectivity index (χ1) is 10.1. The molecule has 0 fully saturated rings. The lowest BCUT2D eigenvalue weighted by Gasteiger charge is -2.23. The Bertz CT molecular complexity index is 570. The van der Waals surface area contributed by atoms with Crippen LogP contribution in [0.1, 0.15) is 24.2 Å². The Kier molecular flexibility index (Phi) is 5.31. The van der Waals surface area contributed by atoms with E-state index in [1.807, 2.05) is 30.3 Å². The molecule has 4 heteroatoms. The summed E-state index contributed by atoms with van der Waals surface area (Å²) in [6.45, 7) is 1.94. The summed E-state index contributed by atoms with van der Waals surface area (Å²) in [7, 11) is 1.51. The lowest BCUT2D eigenvalue weighted by Crippen LogP contribution is -2.19. The molecule has 2 atom stereocenters. The molecule has 0 aliphatic rings. The molecule has 21 heavy (non-hydrogen) atoms. The first-order valence-corrected chi connectivity index (χ1v) is 6.79. The average molecular weight is 290 g/mol. The van der Waals surface area contributed by atoms with E-state index in [1.54, 1.807) is 6.92 Å². The molecule has 0 radical (unpaired) electrons. The number of methoxy groups -OCH3 is 1. The molecule has 0 saturated heterocycles. The van der Waals surface area contributed by atoms with Crippen LogP contribution in [0.25, 0.3) is 0 Å². The van der Waals surface area contributed by atoms with Gasteiger partial charge in [-0.2, -0.15) is 0 Å². The normalized spacial score (nSPS) is 13.7. The zero-order valence-corrected chi connectivity index (χ0v) is 12.1. The highest BCUT2D eigenvalue weighted by atomic mass is 19.1. The second-order valence-corrected chi connectivity index (χ2v) is 4.84. The molecule has 0 aliphatic carbocycles. The van der Waals surface area contributed by atoms with Crippen LogP contribution in [-0.4, -0.2) is 18.3 Å². The first-order valence-electron chi connectivity index (χ1n) is 6.79. The van der Waals surface area contributed by atoms with E-state index < -0.39 is 12.2 Å². The largest absolute Gasteiger partial charge is 0.496 e. The fraction of sp³-hybridized carbons (Fsp3) is 0.294. The van der Waals surface area contributed by atoms with Crippen molar-refractivity contribution in [3.05, 3.63) is 65.5 Å². The van der Waals surface area contributed by atoms with Crippen LogP contribution in [0.2, 0.25) is 0 Å². The van der Waals surface area contributed by atoms with Crippen LogP contribution < -0.4 is 4.74 Å². The number of hydrogen-bond donors (Lipinski definition) is 1. The van der Waals surface area contributed by atoms with E-state index in [0.29, 0.717) is 17.9 Å². The summed E-state index contributed by atoms with van der Waals surface area (Å²) < 4.78 is 24.5. The van der Waals surface area contributed by atoms with Crippen molar-refractivity contribution in [2.45, 2.75) is 25.7 Å². The minimum absolute atomic E-state index is 0.329. The molecular formula is C17H19FO3. The number of aliphatic hydroxyl groups excluding tert-OH is 1. The Labute approximate surface area is 124 Å². The predicted molar refractivity (Wildman–Crippen MR) is 78.6 cm³/mol. The van der Waals surface area contributed by atoms with E-state index in [-0.39, 0.29) is 5.82 Å². The third-order valence-electron chi connectivity index (χ3n) is 3.21. The fourth-order valence-electron chi connectivity index (χ4n) is 2.18. The minimum atomic E-state index is -0.788. The van der Waals surface area contributed by atoms with Gasteiger partial charge in [-0.1, -0.05) is 30.3 Å². The topological polar surface area (TPSA) is 38.7 Å². The summed E-state index contributed by atoms with van der Waals surface area (Å²) in [5.41, 5.74) is 1.49. The summed E-state index contributed by atoms with van der Waals surface area (Å²) in [6, 6.07) is 13.8. The van der Waals surface area contributed by atoms with Gasteiger partial charge in [0.1, 0.15) is 17.7 Å². The van der Waals surface area contributed by atoms with Gasteiger partial charge in [-0.15, -0.1) is 0 Å². The molecule has 2 unspecified atom stereocenters. The zero-order chi connectivity index (χ0) is 15.2. The van der Waals surface area contributed by atoms with Gasteiger partial charge in [0, 0.05) is 5.56 Å². The van der Waals surface area contributed by atoms with Crippen LogP contribution in [-0.2, 0) is 11.3 Å². The third-order valence-corrected chi connectivity index (χ3v) is 3.21. The molecule has 112 valence electrons. The molecular weight excluding hydrogens is 271 g/mol. The Morgan fingerprint density at radius 3 is 2.48 bits per heavy atom. The lowest BCUT2D eigenvalue weighted by molar-refractivity contribution is -0.0413. The van der Waals surface area contributed by atoms with Gasteiger partial charge in [-0.05, 0) is 30.7 Å². The summed E-state index contributed by atoms with van der Waals surface area (Å²) >= 11 is 0. The monoisotopic (exact) mass is 290 g/mol.